The molecule has 0 rings (SSSR count). The SMILES string of the molecule is C=C/C(=C\[N+]#CC(C)NC)OI. The third kappa shape index (κ3) is 5.16. The van der Waals surface area contributed by atoms with Gasteiger partial charge in [-0.15, -0.1) is 0 Å². The van der Waals surface area contributed by atoms with E-state index in [0.29, 0.717) is 5.76 Å². The van der Waals surface area contributed by atoms with Gasteiger partial charge in [-0.3, -0.25) is 0 Å². The van der Waals surface area contributed by atoms with Crippen LogP contribution in [0.3, 0.4) is 0 Å². The molecule has 0 aromatic carbocycles. The summed E-state index contributed by atoms with van der Waals surface area (Å²) in [4.78, 5) is 3.91. The van der Waals surface area contributed by atoms with Gasteiger partial charge in [0.2, 0.25) is 5.76 Å². The van der Waals surface area contributed by atoms with Crippen molar-refractivity contribution in [3.63, 3.8) is 0 Å². The maximum absolute atomic E-state index is 4.87. The Balaban J connectivity index is 4.13. The number of hydrogen-bond acceptors (Lipinski definition) is 2. The van der Waals surface area contributed by atoms with Crippen LogP contribution >= 0.6 is 23.0 Å². The van der Waals surface area contributed by atoms with Gasteiger partial charge in [0.1, 0.15) is 6.04 Å². The number of rotatable bonds is 3. The summed E-state index contributed by atoms with van der Waals surface area (Å²) >= 11 is 1.77. The van der Waals surface area contributed by atoms with Gasteiger partial charge in [-0.05, 0) is 24.9 Å². The fourth-order valence-electron chi connectivity index (χ4n) is 0.381. The van der Waals surface area contributed by atoms with E-state index in [1.807, 2.05) is 14.0 Å². The molecule has 0 saturated carbocycles. The van der Waals surface area contributed by atoms with Gasteiger partial charge >= 0.3 is 6.20 Å². The van der Waals surface area contributed by atoms with Crippen molar-refractivity contribution in [2.75, 3.05) is 7.05 Å². The van der Waals surface area contributed by atoms with Gasteiger partial charge in [0.05, 0.1) is 0 Å². The Labute approximate surface area is 87.0 Å². The topological polar surface area (TPSA) is 25.6 Å². The molecule has 0 amide bonds. The molecule has 1 unspecified atom stereocenters. The van der Waals surface area contributed by atoms with Crippen LogP contribution in [-0.2, 0) is 3.07 Å². The second kappa shape index (κ2) is 7.13. The molecule has 4 heteroatoms. The summed E-state index contributed by atoms with van der Waals surface area (Å²) in [6.45, 7) is 5.50. The van der Waals surface area contributed by atoms with E-state index < -0.39 is 0 Å². The van der Waals surface area contributed by atoms with E-state index in [1.165, 1.54) is 0 Å². The van der Waals surface area contributed by atoms with Crippen LogP contribution in [0, 0.1) is 6.07 Å². The van der Waals surface area contributed by atoms with Crippen molar-refractivity contribution in [2.24, 2.45) is 0 Å². The lowest BCUT2D eigenvalue weighted by molar-refractivity contribution is 0.588. The van der Waals surface area contributed by atoms with Gasteiger partial charge < -0.3 is 8.38 Å². The average Bonchev–Trinajstić information content (AvgIpc) is 2.12. The smallest absolute Gasteiger partial charge is 0.348 e. The summed E-state index contributed by atoms with van der Waals surface area (Å²) in [6.07, 6.45) is 3.15. The molecule has 0 aromatic heterocycles. The van der Waals surface area contributed by atoms with Crippen LogP contribution in [0.5, 0.6) is 0 Å². The van der Waals surface area contributed by atoms with E-state index in [2.05, 4.69) is 22.8 Å². The van der Waals surface area contributed by atoms with Crippen LogP contribution < -0.4 is 5.32 Å². The Kier molecular flexibility index (Phi) is 6.81. The highest BCUT2D eigenvalue weighted by atomic mass is 127. The molecule has 0 heterocycles. The van der Waals surface area contributed by atoms with E-state index in [4.69, 9.17) is 3.07 Å². The molecule has 0 saturated heterocycles. The molecule has 1 atom stereocenters. The van der Waals surface area contributed by atoms with Crippen molar-refractivity contribution >= 4 is 23.0 Å². The van der Waals surface area contributed by atoms with Gasteiger partial charge in [0.15, 0.2) is 23.0 Å². The van der Waals surface area contributed by atoms with Gasteiger partial charge in [0.25, 0.3) is 6.07 Å². The predicted octanol–water partition coefficient (Wildman–Crippen LogP) is 2.32. The normalized spacial score (nSPS) is 12.8. The summed E-state index contributed by atoms with van der Waals surface area (Å²) in [5.74, 6) is 0.617. The molecule has 0 aromatic rings. The zero-order valence-corrected chi connectivity index (χ0v) is 9.33. The van der Waals surface area contributed by atoms with Crippen LogP contribution in [0.2, 0.25) is 0 Å². The molecule has 0 aliphatic carbocycles. The molecular weight excluding hydrogens is 267 g/mol. The van der Waals surface area contributed by atoms with Crippen molar-refractivity contribution < 1.29 is 3.07 Å². The molecule has 12 heavy (non-hydrogen) atoms. The van der Waals surface area contributed by atoms with Gasteiger partial charge in [-0.1, -0.05) is 6.58 Å². The Morgan fingerprint density at radius 2 is 2.50 bits per heavy atom. The van der Waals surface area contributed by atoms with Crippen LogP contribution in [0.4, 0.5) is 0 Å². The second-order valence-corrected chi connectivity index (χ2v) is 2.52. The lowest BCUT2D eigenvalue weighted by atomic mass is 10.4. The van der Waals surface area contributed by atoms with E-state index in [1.54, 1.807) is 35.3 Å². The molecule has 0 aliphatic rings. The number of nitrogens with one attached hydrogen (secondary N) is 1. The van der Waals surface area contributed by atoms with Gasteiger partial charge in [0, 0.05) is 0 Å². The third-order valence-corrected chi connectivity index (χ3v) is 1.69. The summed E-state index contributed by atoms with van der Waals surface area (Å²) in [5, 5.41) is 2.97. The minimum Gasteiger partial charge on any atom is -0.420 e. The molecular formula is C8H12IN2O+. The third-order valence-electron chi connectivity index (χ3n) is 1.18. The lowest BCUT2D eigenvalue weighted by Crippen LogP contribution is -2.18. The van der Waals surface area contributed by atoms with Crippen LogP contribution in [0.25, 0.3) is 4.85 Å². The molecule has 1 N–H and O–H groups in total. The summed E-state index contributed by atoms with van der Waals surface area (Å²) in [5.41, 5.74) is 0. The Bertz CT molecular complexity index is 227. The Morgan fingerprint density at radius 1 is 1.83 bits per heavy atom. The van der Waals surface area contributed by atoms with Crippen LogP contribution in [-0.4, -0.2) is 13.1 Å². The fourth-order valence-corrected chi connectivity index (χ4v) is 0.675. The minimum absolute atomic E-state index is 0.140. The fraction of sp³-hybridized carbons (Fsp3) is 0.375. The Hall–Kier alpha value is -0.540. The van der Waals surface area contributed by atoms with Crippen molar-refractivity contribution in [3.8, 4) is 6.07 Å². The first kappa shape index (κ1) is 11.5. The van der Waals surface area contributed by atoms with E-state index >= 15 is 0 Å². The van der Waals surface area contributed by atoms with E-state index in [9.17, 15) is 0 Å². The molecule has 0 bridgehead atoms. The largest absolute Gasteiger partial charge is 0.420 e. The average molecular weight is 279 g/mol. The van der Waals surface area contributed by atoms with Crippen molar-refractivity contribution in [1.82, 2.24) is 5.32 Å². The van der Waals surface area contributed by atoms with Crippen LogP contribution in [0.15, 0.2) is 24.6 Å². The van der Waals surface area contributed by atoms with E-state index in [0.717, 1.165) is 0 Å². The molecule has 3 nitrogen and oxygen atoms in total. The van der Waals surface area contributed by atoms with Gasteiger partial charge in [-0.25, -0.2) is 0 Å². The molecule has 66 valence electrons. The lowest BCUT2D eigenvalue weighted by Gasteiger charge is -1.89. The quantitative estimate of drug-likeness (QED) is 0.487. The Morgan fingerprint density at radius 3 is 2.92 bits per heavy atom. The van der Waals surface area contributed by atoms with Crippen molar-refractivity contribution in [3.05, 3.63) is 29.5 Å². The highest BCUT2D eigenvalue weighted by Gasteiger charge is 1.98. The molecule has 0 spiro atoms. The van der Waals surface area contributed by atoms with Gasteiger partial charge in [-0.2, -0.15) is 0 Å². The second-order valence-electron chi connectivity index (χ2n) is 2.08. The maximum atomic E-state index is 4.87. The van der Waals surface area contributed by atoms with Crippen molar-refractivity contribution in [2.45, 2.75) is 13.0 Å². The molecule has 0 radical (unpaired) electrons. The highest BCUT2D eigenvalue weighted by Crippen LogP contribution is 2.03. The summed E-state index contributed by atoms with van der Waals surface area (Å²) in [7, 11) is 1.85. The standard InChI is InChI=1S/C8H12IN2O/c1-4-8(12-9)6-11-5-7(2)10-3/h4,6-7,10H,1H2,2-3H3/q+1/b8-6+. The summed E-state index contributed by atoms with van der Waals surface area (Å²) in [6, 6.07) is 2.98. The number of halogens is 1. The zero-order chi connectivity index (χ0) is 9.40. The van der Waals surface area contributed by atoms with E-state index in [-0.39, 0.29) is 6.04 Å². The number of hydrogen-bond donors (Lipinski definition) is 1. The number of allylic oxidation sites excluding steroid dienone is 1. The predicted molar refractivity (Wildman–Crippen MR) is 59.2 cm³/mol. The molecule has 0 fully saturated rings. The summed E-state index contributed by atoms with van der Waals surface area (Å²) < 4.78 is 4.87. The highest BCUT2D eigenvalue weighted by molar-refractivity contribution is 14.1. The first-order valence-electron chi connectivity index (χ1n) is 3.48. The maximum Gasteiger partial charge on any atom is 0.348 e. The first-order chi connectivity index (χ1) is 5.74. The molecule has 0 aliphatic heterocycles. The first-order valence-corrected chi connectivity index (χ1v) is 4.36. The minimum atomic E-state index is 0.140. The number of nitrogens with zero attached hydrogens (tertiary/aromatic N) is 1. The zero-order valence-electron chi connectivity index (χ0n) is 7.17. The van der Waals surface area contributed by atoms with Crippen molar-refractivity contribution in [1.29, 1.82) is 0 Å². The van der Waals surface area contributed by atoms with Crippen LogP contribution in [0.1, 0.15) is 6.92 Å². The monoisotopic (exact) mass is 279 g/mol.